The van der Waals surface area contributed by atoms with Gasteiger partial charge in [-0.3, -0.25) is 4.79 Å². The van der Waals surface area contributed by atoms with Gasteiger partial charge in [0.2, 0.25) is 0 Å². The molecule has 25 heavy (non-hydrogen) atoms. The van der Waals surface area contributed by atoms with E-state index < -0.39 is 0 Å². The molecule has 1 aliphatic rings. The Hall–Kier alpha value is -2.87. The Morgan fingerprint density at radius 2 is 2.00 bits per heavy atom. The number of rotatable bonds is 6. The predicted octanol–water partition coefficient (Wildman–Crippen LogP) is 5.70. The molecule has 0 spiro atoms. The van der Waals surface area contributed by atoms with Gasteiger partial charge in [-0.1, -0.05) is 49.1 Å². The second-order valence-electron chi connectivity index (χ2n) is 6.00. The maximum atomic E-state index is 10.4. The monoisotopic (exact) mass is 332 g/mol. The Morgan fingerprint density at radius 3 is 2.72 bits per heavy atom. The first-order valence-corrected chi connectivity index (χ1v) is 8.30. The van der Waals surface area contributed by atoms with E-state index in [1.165, 1.54) is 11.1 Å². The molecule has 1 aromatic carbocycles. The summed E-state index contributed by atoms with van der Waals surface area (Å²) in [5.74, 6) is 0.921. The minimum Gasteiger partial charge on any atom is -0.488 e. The van der Waals surface area contributed by atoms with E-state index in [9.17, 15) is 4.79 Å². The van der Waals surface area contributed by atoms with Crippen molar-refractivity contribution >= 4 is 17.4 Å². The molecular formula is C23H24O2. The molecule has 0 atom stereocenters. The molecule has 1 aromatic rings. The number of fused-ring (bicyclic) bond motifs is 1. The highest BCUT2D eigenvalue weighted by molar-refractivity contribution is 5.79. The topological polar surface area (TPSA) is 26.3 Å². The molecule has 0 radical (unpaired) electrons. The van der Waals surface area contributed by atoms with Crippen molar-refractivity contribution in [3.63, 3.8) is 0 Å². The molecule has 0 N–H and O–H groups in total. The minimum absolute atomic E-state index is 0.586. The van der Waals surface area contributed by atoms with Crippen molar-refractivity contribution in [3.8, 4) is 5.75 Å². The van der Waals surface area contributed by atoms with Crippen molar-refractivity contribution in [2.75, 3.05) is 6.61 Å². The highest BCUT2D eigenvalue weighted by atomic mass is 16.5. The van der Waals surface area contributed by atoms with Crippen LogP contribution in [0.4, 0.5) is 0 Å². The summed E-state index contributed by atoms with van der Waals surface area (Å²) in [4.78, 5) is 10.4. The van der Waals surface area contributed by atoms with Gasteiger partial charge in [-0.15, -0.1) is 0 Å². The van der Waals surface area contributed by atoms with Crippen molar-refractivity contribution in [3.05, 3.63) is 89.6 Å². The zero-order chi connectivity index (χ0) is 18.2. The lowest BCUT2D eigenvalue weighted by molar-refractivity contribution is -0.104. The Balaban J connectivity index is 2.32. The number of aldehydes is 1. The molecule has 0 aliphatic carbocycles. The highest BCUT2D eigenvalue weighted by Gasteiger charge is 2.16. The molecule has 0 fully saturated rings. The number of benzene rings is 1. The van der Waals surface area contributed by atoms with Gasteiger partial charge in [0.05, 0.1) is 0 Å². The molecule has 0 saturated carbocycles. The molecule has 2 nitrogen and oxygen atoms in total. The Bertz CT molecular complexity index is 814. The van der Waals surface area contributed by atoms with Gasteiger partial charge >= 0.3 is 0 Å². The fourth-order valence-electron chi connectivity index (χ4n) is 2.59. The summed E-state index contributed by atoms with van der Waals surface area (Å²) < 4.78 is 5.86. The number of allylic oxidation sites excluding steroid dienone is 9. The van der Waals surface area contributed by atoms with Crippen LogP contribution in [0.25, 0.3) is 11.1 Å². The largest absolute Gasteiger partial charge is 0.488 e. The Labute approximate surface area is 150 Å². The van der Waals surface area contributed by atoms with E-state index in [1.807, 2.05) is 43.4 Å². The first-order chi connectivity index (χ1) is 12.1. The molecule has 1 heterocycles. The van der Waals surface area contributed by atoms with E-state index in [4.69, 9.17) is 4.74 Å². The lowest BCUT2D eigenvalue weighted by Gasteiger charge is -2.21. The van der Waals surface area contributed by atoms with Crippen LogP contribution < -0.4 is 4.74 Å². The molecule has 0 aromatic heterocycles. The molecular weight excluding hydrogens is 308 g/mol. The van der Waals surface area contributed by atoms with Crippen molar-refractivity contribution < 1.29 is 9.53 Å². The van der Waals surface area contributed by atoms with Crippen LogP contribution in [0.1, 0.15) is 31.9 Å². The summed E-state index contributed by atoms with van der Waals surface area (Å²) in [6, 6.07) is 6.27. The molecule has 2 rings (SSSR count). The molecule has 0 unspecified atom stereocenters. The van der Waals surface area contributed by atoms with Crippen LogP contribution in [0.2, 0.25) is 0 Å². The van der Waals surface area contributed by atoms with Crippen LogP contribution in [-0.4, -0.2) is 12.9 Å². The van der Waals surface area contributed by atoms with Crippen LogP contribution in [-0.2, 0) is 4.79 Å². The summed E-state index contributed by atoms with van der Waals surface area (Å²) in [6.45, 7) is 10.4. The molecule has 0 saturated heterocycles. The van der Waals surface area contributed by atoms with E-state index in [1.54, 1.807) is 12.2 Å². The predicted molar refractivity (Wildman–Crippen MR) is 106 cm³/mol. The third-order valence-corrected chi connectivity index (χ3v) is 4.17. The van der Waals surface area contributed by atoms with Gasteiger partial charge in [0, 0.05) is 5.56 Å². The summed E-state index contributed by atoms with van der Waals surface area (Å²) >= 11 is 0. The Morgan fingerprint density at radius 1 is 1.20 bits per heavy atom. The van der Waals surface area contributed by atoms with Gasteiger partial charge in [0.25, 0.3) is 0 Å². The fraction of sp³-hybridized carbons (Fsp3) is 0.174. The number of carbonyl (C=O) groups excluding carboxylic acids is 1. The lowest BCUT2D eigenvalue weighted by atomic mass is 9.94. The SMILES string of the molecule is C=C/C=C/C1=C(C)c2cc(/C(C)=C/C=C/C(C)=C/C=O)ccc2OC1. The van der Waals surface area contributed by atoms with Crippen LogP contribution in [0.5, 0.6) is 5.75 Å². The molecule has 0 amide bonds. The molecule has 128 valence electrons. The van der Waals surface area contributed by atoms with E-state index in [0.717, 1.165) is 34.3 Å². The summed E-state index contributed by atoms with van der Waals surface area (Å²) in [5.41, 5.74) is 6.75. The second-order valence-corrected chi connectivity index (χ2v) is 6.00. The van der Waals surface area contributed by atoms with Crippen molar-refractivity contribution in [1.29, 1.82) is 0 Å². The first kappa shape index (κ1) is 18.5. The van der Waals surface area contributed by atoms with Gasteiger partial charge in [-0.2, -0.15) is 0 Å². The zero-order valence-electron chi connectivity index (χ0n) is 15.1. The summed E-state index contributed by atoms with van der Waals surface area (Å²) in [6.07, 6.45) is 14.0. The van der Waals surface area contributed by atoms with Crippen LogP contribution in [0.15, 0.2) is 78.5 Å². The van der Waals surface area contributed by atoms with Crippen molar-refractivity contribution in [2.24, 2.45) is 0 Å². The molecule has 1 aliphatic heterocycles. The van der Waals surface area contributed by atoms with Crippen molar-refractivity contribution in [1.82, 2.24) is 0 Å². The average molecular weight is 332 g/mol. The first-order valence-electron chi connectivity index (χ1n) is 8.30. The third kappa shape index (κ3) is 4.80. The van der Waals surface area contributed by atoms with Crippen molar-refractivity contribution in [2.45, 2.75) is 20.8 Å². The van der Waals surface area contributed by atoms with E-state index >= 15 is 0 Å². The number of ether oxygens (including phenoxy) is 1. The quantitative estimate of drug-likeness (QED) is 0.379. The minimum atomic E-state index is 0.586. The normalized spacial score (nSPS) is 15.5. The van der Waals surface area contributed by atoms with E-state index in [2.05, 4.69) is 32.6 Å². The highest BCUT2D eigenvalue weighted by Crippen LogP contribution is 2.35. The van der Waals surface area contributed by atoms with Gasteiger partial charge in [0.15, 0.2) is 0 Å². The number of hydrogen-bond acceptors (Lipinski definition) is 2. The van der Waals surface area contributed by atoms with Gasteiger partial charge in [0.1, 0.15) is 18.6 Å². The molecule has 2 heteroatoms. The molecule has 0 bridgehead atoms. The fourth-order valence-corrected chi connectivity index (χ4v) is 2.59. The standard InChI is InChI=1S/C23H24O2/c1-5-6-10-21-16-25-23-12-11-20(15-22(23)19(21)4)18(3)9-7-8-17(2)13-14-24/h5-15H,1,16H2,2-4H3/b8-7+,10-6+,17-13+,18-9+. The van der Waals surface area contributed by atoms with Crippen LogP contribution >= 0.6 is 0 Å². The lowest BCUT2D eigenvalue weighted by Crippen LogP contribution is -2.09. The second kappa shape index (κ2) is 8.84. The van der Waals surface area contributed by atoms with Gasteiger partial charge < -0.3 is 4.74 Å². The van der Waals surface area contributed by atoms with Crippen LogP contribution in [0.3, 0.4) is 0 Å². The summed E-state index contributed by atoms with van der Waals surface area (Å²) in [5, 5.41) is 0. The van der Waals surface area contributed by atoms with Crippen LogP contribution in [0, 0.1) is 0 Å². The van der Waals surface area contributed by atoms with Gasteiger partial charge in [-0.25, -0.2) is 0 Å². The van der Waals surface area contributed by atoms with E-state index in [-0.39, 0.29) is 0 Å². The third-order valence-electron chi connectivity index (χ3n) is 4.17. The van der Waals surface area contributed by atoms with E-state index in [0.29, 0.717) is 6.61 Å². The maximum Gasteiger partial charge on any atom is 0.143 e. The summed E-state index contributed by atoms with van der Waals surface area (Å²) in [7, 11) is 0. The number of hydrogen-bond donors (Lipinski definition) is 0. The Kier molecular flexibility index (Phi) is 6.53. The zero-order valence-corrected chi connectivity index (χ0v) is 15.1. The average Bonchev–Trinajstić information content (AvgIpc) is 2.61. The van der Waals surface area contributed by atoms with Gasteiger partial charge in [-0.05, 0) is 66.8 Å². The maximum absolute atomic E-state index is 10.4. The smallest absolute Gasteiger partial charge is 0.143 e. The number of carbonyl (C=O) groups is 1.